The molecule has 0 saturated carbocycles. The summed E-state index contributed by atoms with van der Waals surface area (Å²) in [7, 11) is 0. The van der Waals surface area contributed by atoms with E-state index in [0.29, 0.717) is 29.7 Å². The fourth-order valence-corrected chi connectivity index (χ4v) is 5.59. The minimum absolute atomic E-state index is 0.0280. The van der Waals surface area contributed by atoms with Gasteiger partial charge in [0.05, 0.1) is 5.69 Å². The van der Waals surface area contributed by atoms with Crippen LogP contribution in [0.4, 0.5) is 10.1 Å². The minimum atomic E-state index is -0.534. The molecule has 5 rings (SSSR count). The van der Waals surface area contributed by atoms with E-state index in [1.165, 1.54) is 12.1 Å². The van der Waals surface area contributed by atoms with Gasteiger partial charge in [-0.3, -0.25) is 9.59 Å². The first-order valence-electron chi connectivity index (χ1n) is 11.9. The van der Waals surface area contributed by atoms with Gasteiger partial charge in [-0.2, -0.15) is 0 Å². The molecule has 2 N–H and O–H groups in total. The van der Waals surface area contributed by atoms with E-state index in [0.717, 1.165) is 21.7 Å². The zero-order chi connectivity index (χ0) is 25.2. The van der Waals surface area contributed by atoms with Crippen molar-refractivity contribution >= 4 is 29.1 Å². The Bertz CT molecular complexity index is 1380. The summed E-state index contributed by atoms with van der Waals surface area (Å²) in [6.45, 7) is 1.85. The number of amides is 1. The van der Waals surface area contributed by atoms with Crippen LogP contribution in [0, 0.1) is 5.82 Å². The predicted octanol–water partition coefficient (Wildman–Crippen LogP) is 6.55. The molecule has 0 fully saturated rings. The monoisotopic (exact) mass is 498 g/mol. The second kappa shape index (κ2) is 10.2. The van der Waals surface area contributed by atoms with Gasteiger partial charge >= 0.3 is 0 Å². The van der Waals surface area contributed by atoms with Crippen molar-refractivity contribution in [3.63, 3.8) is 0 Å². The van der Waals surface area contributed by atoms with E-state index in [1.54, 1.807) is 23.9 Å². The van der Waals surface area contributed by atoms with Crippen molar-refractivity contribution in [2.24, 2.45) is 0 Å². The lowest BCUT2D eigenvalue weighted by Gasteiger charge is -2.37. The third-order valence-electron chi connectivity index (χ3n) is 6.91. The molecule has 2 aliphatic rings. The van der Waals surface area contributed by atoms with Crippen LogP contribution >= 0.6 is 11.8 Å². The molecule has 1 amide bonds. The molecule has 1 aliphatic carbocycles. The lowest BCUT2D eigenvalue weighted by Crippen LogP contribution is -2.37. The van der Waals surface area contributed by atoms with Crippen molar-refractivity contribution in [1.82, 2.24) is 5.32 Å². The molecule has 0 spiro atoms. The number of nitrogens with one attached hydrogen (secondary N) is 2. The molecule has 6 heteroatoms. The van der Waals surface area contributed by atoms with Gasteiger partial charge in [0, 0.05) is 39.8 Å². The smallest absolute Gasteiger partial charge is 0.254 e. The van der Waals surface area contributed by atoms with Gasteiger partial charge in [-0.25, -0.2) is 4.39 Å². The van der Waals surface area contributed by atoms with Crippen LogP contribution in [0.15, 0.2) is 106 Å². The van der Waals surface area contributed by atoms with E-state index in [4.69, 9.17) is 0 Å². The molecule has 3 aromatic carbocycles. The second-order valence-electron chi connectivity index (χ2n) is 9.14. The van der Waals surface area contributed by atoms with E-state index in [2.05, 4.69) is 22.8 Å². The standard InChI is InChI=1S/C30H27FN2O2S/c1-18-27(30(35)33-24-11-7-6-10-23(24)31)28(20-12-14-22(36-2)15-13-20)29-25(32-18)16-21(17-26(29)34)19-8-4-3-5-9-19/h3-15,21,28,32H,16-17H2,1-2H3,(H,33,35)/t21-,28+/m1/s1. The molecule has 4 nitrogen and oxygen atoms in total. The quantitative estimate of drug-likeness (QED) is 0.392. The summed E-state index contributed by atoms with van der Waals surface area (Å²) >= 11 is 1.63. The molecule has 0 unspecified atom stereocenters. The third kappa shape index (κ3) is 4.61. The second-order valence-corrected chi connectivity index (χ2v) is 10.0. The van der Waals surface area contributed by atoms with E-state index < -0.39 is 17.6 Å². The van der Waals surface area contributed by atoms with E-state index in [-0.39, 0.29) is 17.4 Å². The number of carbonyl (C=O) groups excluding carboxylic acids is 2. The molecule has 3 aromatic rings. The Labute approximate surface area is 214 Å². The van der Waals surface area contributed by atoms with Crippen LogP contribution in [-0.4, -0.2) is 17.9 Å². The summed E-state index contributed by atoms with van der Waals surface area (Å²) < 4.78 is 14.3. The Morgan fingerprint density at radius 1 is 0.944 bits per heavy atom. The summed E-state index contributed by atoms with van der Waals surface area (Å²) in [5.74, 6) is -1.36. The molecule has 182 valence electrons. The highest BCUT2D eigenvalue weighted by Crippen LogP contribution is 2.45. The normalized spacial score (nSPS) is 19.6. The number of anilines is 1. The number of hydrogen-bond donors (Lipinski definition) is 2. The van der Waals surface area contributed by atoms with Crippen molar-refractivity contribution in [2.45, 2.75) is 36.5 Å². The number of halogens is 1. The van der Waals surface area contributed by atoms with Crippen molar-refractivity contribution in [3.8, 4) is 0 Å². The zero-order valence-corrected chi connectivity index (χ0v) is 21.0. The first-order chi connectivity index (χ1) is 17.5. The Morgan fingerprint density at radius 2 is 1.64 bits per heavy atom. The Hall–Kier alpha value is -3.64. The van der Waals surface area contributed by atoms with Gasteiger partial charge in [-0.1, -0.05) is 54.6 Å². The summed E-state index contributed by atoms with van der Waals surface area (Å²) in [6, 6.07) is 24.1. The average molecular weight is 499 g/mol. The van der Waals surface area contributed by atoms with Crippen LogP contribution in [0.3, 0.4) is 0 Å². The topological polar surface area (TPSA) is 58.2 Å². The van der Waals surface area contributed by atoms with Gasteiger partial charge in [0.1, 0.15) is 5.82 Å². The van der Waals surface area contributed by atoms with Gasteiger partial charge in [-0.05, 0) is 60.9 Å². The molecule has 36 heavy (non-hydrogen) atoms. The maximum atomic E-state index is 14.3. The molecular formula is C30H27FN2O2S. The summed E-state index contributed by atoms with van der Waals surface area (Å²) in [4.78, 5) is 28.4. The summed E-state index contributed by atoms with van der Waals surface area (Å²) in [5, 5.41) is 6.11. The van der Waals surface area contributed by atoms with Crippen molar-refractivity contribution in [1.29, 1.82) is 0 Å². The molecule has 1 aliphatic heterocycles. The fraction of sp³-hybridized carbons (Fsp3) is 0.200. The first-order valence-corrected chi connectivity index (χ1v) is 13.2. The predicted molar refractivity (Wildman–Crippen MR) is 142 cm³/mol. The molecule has 0 bridgehead atoms. The largest absolute Gasteiger partial charge is 0.362 e. The van der Waals surface area contributed by atoms with Gasteiger partial charge in [-0.15, -0.1) is 11.8 Å². The van der Waals surface area contributed by atoms with Crippen molar-refractivity contribution in [3.05, 3.63) is 118 Å². The van der Waals surface area contributed by atoms with Crippen LogP contribution in [0.5, 0.6) is 0 Å². The first kappa shape index (κ1) is 24.1. The summed E-state index contributed by atoms with van der Waals surface area (Å²) in [6.07, 6.45) is 3.07. The number of thioether (sulfide) groups is 1. The maximum absolute atomic E-state index is 14.3. The number of benzene rings is 3. The molecule has 1 heterocycles. The lowest BCUT2D eigenvalue weighted by molar-refractivity contribution is -0.116. The highest BCUT2D eigenvalue weighted by molar-refractivity contribution is 7.98. The number of carbonyl (C=O) groups is 2. The van der Waals surface area contributed by atoms with E-state index in [1.807, 2.05) is 55.6 Å². The van der Waals surface area contributed by atoms with Crippen LogP contribution in [-0.2, 0) is 9.59 Å². The number of rotatable bonds is 5. The fourth-order valence-electron chi connectivity index (χ4n) is 5.18. The van der Waals surface area contributed by atoms with E-state index in [9.17, 15) is 14.0 Å². The minimum Gasteiger partial charge on any atom is -0.362 e. The van der Waals surface area contributed by atoms with Gasteiger partial charge < -0.3 is 10.6 Å². The number of allylic oxidation sites excluding steroid dienone is 3. The van der Waals surface area contributed by atoms with Crippen molar-refractivity contribution in [2.75, 3.05) is 11.6 Å². The van der Waals surface area contributed by atoms with Crippen molar-refractivity contribution < 1.29 is 14.0 Å². The summed E-state index contributed by atoms with van der Waals surface area (Å²) in [5.41, 5.74) is 4.69. The molecule has 2 atom stereocenters. The number of Topliss-reactive ketones (excluding diaryl/α,β-unsaturated/α-hetero) is 1. The lowest BCUT2D eigenvalue weighted by atomic mass is 9.71. The number of ketones is 1. The number of hydrogen-bond acceptors (Lipinski definition) is 4. The maximum Gasteiger partial charge on any atom is 0.254 e. The number of para-hydroxylation sites is 1. The van der Waals surface area contributed by atoms with Crippen LogP contribution in [0.1, 0.15) is 42.7 Å². The third-order valence-corrected chi connectivity index (χ3v) is 7.66. The molecule has 0 aromatic heterocycles. The van der Waals surface area contributed by atoms with Gasteiger partial charge in [0.2, 0.25) is 0 Å². The average Bonchev–Trinajstić information content (AvgIpc) is 2.89. The van der Waals surface area contributed by atoms with Crippen LogP contribution in [0.2, 0.25) is 0 Å². The Balaban J connectivity index is 1.57. The Morgan fingerprint density at radius 3 is 2.33 bits per heavy atom. The van der Waals surface area contributed by atoms with Crippen LogP contribution < -0.4 is 10.6 Å². The number of dihydropyridines is 1. The molecule has 0 radical (unpaired) electrons. The van der Waals surface area contributed by atoms with E-state index >= 15 is 0 Å². The SMILES string of the molecule is CSc1ccc([C@H]2C(C(=O)Nc3ccccc3F)=C(C)NC3=C2C(=O)C[C@H](c2ccccc2)C3)cc1. The van der Waals surface area contributed by atoms with Crippen LogP contribution in [0.25, 0.3) is 0 Å². The van der Waals surface area contributed by atoms with Gasteiger partial charge in [0.15, 0.2) is 5.78 Å². The Kier molecular flexibility index (Phi) is 6.79. The van der Waals surface area contributed by atoms with Gasteiger partial charge in [0.25, 0.3) is 5.91 Å². The molecular weight excluding hydrogens is 471 g/mol. The molecule has 0 saturated heterocycles. The highest BCUT2D eigenvalue weighted by Gasteiger charge is 2.41. The zero-order valence-electron chi connectivity index (χ0n) is 20.2. The highest BCUT2D eigenvalue weighted by atomic mass is 32.2.